The number of carbonyl (C=O) groups excluding carboxylic acids is 1. The smallest absolute Gasteiger partial charge is 0.224 e. The molecule has 0 aromatic heterocycles. The molecular formula is C14H23ClN2O. The fourth-order valence-corrected chi connectivity index (χ4v) is 1.70. The highest BCUT2D eigenvalue weighted by Gasteiger charge is 2.17. The molecule has 0 aliphatic rings. The van der Waals surface area contributed by atoms with Gasteiger partial charge in [-0.1, -0.05) is 29.8 Å². The number of nitrogens with zero attached hydrogens (tertiary/aromatic N) is 1. The van der Waals surface area contributed by atoms with Crippen LogP contribution in [0.15, 0.2) is 24.3 Å². The zero-order valence-corrected chi connectivity index (χ0v) is 12.3. The Balaban J connectivity index is 0.00000289. The van der Waals surface area contributed by atoms with Gasteiger partial charge < -0.3 is 10.6 Å². The highest BCUT2D eigenvalue weighted by Crippen LogP contribution is 2.19. The molecule has 18 heavy (non-hydrogen) atoms. The molecule has 2 atom stereocenters. The van der Waals surface area contributed by atoms with E-state index in [9.17, 15) is 4.79 Å². The van der Waals surface area contributed by atoms with Crippen LogP contribution in [0.3, 0.4) is 0 Å². The first-order valence-electron chi connectivity index (χ1n) is 5.99. The first-order valence-corrected chi connectivity index (χ1v) is 5.99. The van der Waals surface area contributed by atoms with Gasteiger partial charge in [-0.15, -0.1) is 12.4 Å². The molecule has 102 valence electrons. The molecule has 0 fully saturated rings. The molecule has 1 rings (SSSR count). The minimum Gasteiger partial charge on any atom is -0.339 e. The summed E-state index contributed by atoms with van der Waals surface area (Å²) < 4.78 is 0. The van der Waals surface area contributed by atoms with Crippen LogP contribution in [-0.2, 0) is 4.79 Å². The van der Waals surface area contributed by atoms with E-state index in [2.05, 4.69) is 31.2 Å². The van der Waals surface area contributed by atoms with E-state index >= 15 is 0 Å². The predicted molar refractivity (Wildman–Crippen MR) is 77.9 cm³/mol. The third-order valence-corrected chi connectivity index (χ3v) is 3.03. The minimum atomic E-state index is -0.0878. The van der Waals surface area contributed by atoms with E-state index < -0.39 is 0 Å². The number of nitrogens with two attached hydrogens (primary N) is 1. The quantitative estimate of drug-likeness (QED) is 0.914. The summed E-state index contributed by atoms with van der Waals surface area (Å²) in [5.41, 5.74) is 8.02. The van der Waals surface area contributed by atoms with Gasteiger partial charge in [-0.25, -0.2) is 0 Å². The summed E-state index contributed by atoms with van der Waals surface area (Å²) in [6, 6.07) is 8.26. The van der Waals surface area contributed by atoms with Crippen molar-refractivity contribution in [1.29, 1.82) is 0 Å². The lowest BCUT2D eigenvalue weighted by Crippen LogP contribution is -2.33. The van der Waals surface area contributed by atoms with Crippen LogP contribution in [0.2, 0.25) is 0 Å². The SMILES string of the molecule is Cc1ccc(C(C)N(C)C(=O)CC(C)N)cc1.Cl. The van der Waals surface area contributed by atoms with E-state index in [1.165, 1.54) is 5.56 Å². The van der Waals surface area contributed by atoms with Crippen molar-refractivity contribution in [3.05, 3.63) is 35.4 Å². The maximum atomic E-state index is 11.9. The van der Waals surface area contributed by atoms with Gasteiger partial charge in [0.15, 0.2) is 0 Å². The summed E-state index contributed by atoms with van der Waals surface area (Å²) in [4.78, 5) is 13.6. The van der Waals surface area contributed by atoms with Crippen LogP contribution in [0.4, 0.5) is 0 Å². The zero-order valence-electron chi connectivity index (χ0n) is 11.5. The van der Waals surface area contributed by atoms with Crippen LogP contribution < -0.4 is 5.73 Å². The first-order chi connectivity index (χ1) is 7.91. The molecule has 4 heteroatoms. The summed E-state index contributed by atoms with van der Waals surface area (Å²) in [5.74, 6) is 0.0908. The Morgan fingerprint density at radius 1 is 1.28 bits per heavy atom. The molecule has 2 unspecified atom stereocenters. The van der Waals surface area contributed by atoms with Gasteiger partial charge in [0.25, 0.3) is 0 Å². The molecule has 0 aliphatic heterocycles. The molecule has 1 aromatic rings. The van der Waals surface area contributed by atoms with Gasteiger partial charge in [-0.05, 0) is 26.3 Å². The van der Waals surface area contributed by atoms with Gasteiger partial charge in [0.1, 0.15) is 0 Å². The van der Waals surface area contributed by atoms with Crippen LogP contribution in [-0.4, -0.2) is 23.9 Å². The van der Waals surface area contributed by atoms with E-state index in [4.69, 9.17) is 5.73 Å². The Kier molecular flexibility index (Phi) is 6.96. The lowest BCUT2D eigenvalue weighted by atomic mass is 10.0. The number of hydrogen-bond acceptors (Lipinski definition) is 2. The van der Waals surface area contributed by atoms with Crippen molar-refractivity contribution in [1.82, 2.24) is 4.90 Å². The number of amides is 1. The molecule has 0 saturated heterocycles. The largest absolute Gasteiger partial charge is 0.339 e. The third-order valence-electron chi connectivity index (χ3n) is 3.03. The number of hydrogen-bond donors (Lipinski definition) is 1. The Morgan fingerprint density at radius 3 is 2.22 bits per heavy atom. The van der Waals surface area contributed by atoms with Crippen LogP contribution in [0.5, 0.6) is 0 Å². The van der Waals surface area contributed by atoms with E-state index in [0.717, 1.165) is 5.56 Å². The molecule has 0 aliphatic carbocycles. The standard InChI is InChI=1S/C14H22N2O.ClH/c1-10-5-7-13(8-6-10)12(3)16(4)14(17)9-11(2)15;/h5-8,11-12H,9,15H2,1-4H3;1H. The summed E-state index contributed by atoms with van der Waals surface area (Å²) in [7, 11) is 1.83. The highest BCUT2D eigenvalue weighted by molar-refractivity contribution is 5.85. The summed E-state index contributed by atoms with van der Waals surface area (Å²) in [6.45, 7) is 5.94. The number of halogens is 1. The molecule has 0 bridgehead atoms. The Morgan fingerprint density at radius 2 is 1.78 bits per heavy atom. The van der Waals surface area contributed by atoms with Gasteiger partial charge in [0, 0.05) is 19.5 Å². The van der Waals surface area contributed by atoms with Crippen LogP contribution in [0, 0.1) is 6.92 Å². The highest BCUT2D eigenvalue weighted by atomic mass is 35.5. The molecule has 2 N–H and O–H groups in total. The maximum absolute atomic E-state index is 11.9. The monoisotopic (exact) mass is 270 g/mol. The van der Waals surface area contributed by atoms with Crippen LogP contribution >= 0.6 is 12.4 Å². The van der Waals surface area contributed by atoms with Crippen LogP contribution in [0.25, 0.3) is 0 Å². The number of benzene rings is 1. The van der Waals surface area contributed by atoms with Crippen molar-refractivity contribution in [2.24, 2.45) is 5.73 Å². The average molecular weight is 271 g/mol. The second kappa shape index (κ2) is 7.39. The second-order valence-corrected chi connectivity index (χ2v) is 4.77. The van der Waals surface area contributed by atoms with Crippen molar-refractivity contribution in [3.63, 3.8) is 0 Å². The van der Waals surface area contributed by atoms with Gasteiger partial charge in [-0.3, -0.25) is 4.79 Å². The molecule has 0 spiro atoms. The fraction of sp³-hybridized carbons (Fsp3) is 0.500. The van der Waals surface area contributed by atoms with Crippen molar-refractivity contribution in [2.45, 2.75) is 39.3 Å². The third kappa shape index (κ3) is 4.67. The molecule has 3 nitrogen and oxygen atoms in total. The molecule has 1 amide bonds. The van der Waals surface area contributed by atoms with Gasteiger partial charge in [-0.2, -0.15) is 0 Å². The summed E-state index contributed by atoms with van der Waals surface area (Å²) in [6.07, 6.45) is 0.396. The van der Waals surface area contributed by atoms with Gasteiger partial charge >= 0.3 is 0 Å². The number of aryl methyl sites for hydroxylation is 1. The lowest BCUT2D eigenvalue weighted by molar-refractivity contribution is -0.132. The number of rotatable bonds is 4. The van der Waals surface area contributed by atoms with Crippen molar-refractivity contribution >= 4 is 18.3 Å². The second-order valence-electron chi connectivity index (χ2n) is 4.77. The van der Waals surface area contributed by atoms with E-state index in [-0.39, 0.29) is 30.4 Å². The maximum Gasteiger partial charge on any atom is 0.224 e. The normalized spacial score (nSPS) is 13.4. The minimum absolute atomic E-state index is 0. The van der Waals surface area contributed by atoms with E-state index in [1.807, 2.05) is 20.9 Å². The molecule has 0 saturated carbocycles. The van der Waals surface area contributed by atoms with Crippen molar-refractivity contribution in [3.8, 4) is 0 Å². The topological polar surface area (TPSA) is 46.3 Å². The van der Waals surface area contributed by atoms with Gasteiger partial charge in [0.05, 0.1) is 6.04 Å². The van der Waals surface area contributed by atoms with Crippen LogP contribution in [0.1, 0.15) is 37.4 Å². The number of carbonyl (C=O) groups is 1. The molecule has 0 heterocycles. The molecule has 0 radical (unpaired) electrons. The van der Waals surface area contributed by atoms with E-state index in [1.54, 1.807) is 4.90 Å². The van der Waals surface area contributed by atoms with Crippen molar-refractivity contribution < 1.29 is 4.79 Å². The Bertz CT molecular complexity index is 376. The lowest BCUT2D eigenvalue weighted by Gasteiger charge is -2.26. The first kappa shape index (κ1) is 16.9. The Hall–Kier alpha value is -1.06. The fourth-order valence-electron chi connectivity index (χ4n) is 1.70. The summed E-state index contributed by atoms with van der Waals surface area (Å²) in [5, 5.41) is 0. The average Bonchev–Trinajstić information content (AvgIpc) is 2.27. The molecule has 1 aromatic carbocycles. The molecular weight excluding hydrogens is 248 g/mol. The zero-order chi connectivity index (χ0) is 13.0. The summed E-state index contributed by atoms with van der Waals surface area (Å²) >= 11 is 0. The van der Waals surface area contributed by atoms with Gasteiger partial charge in [0.2, 0.25) is 5.91 Å². The Labute approximate surface area is 116 Å². The predicted octanol–water partition coefficient (Wildman–Crippen LogP) is 2.67. The van der Waals surface area contributed by atoms with Crippen molar-refractivity contribution in [2.75, 3.05) is 7.05 Å². The van der Waals surface area contributed by atoms with E-state index in [0.29, 0.717) is 6.42 Å².